The Bertz CT molecular complexity index is 581. The van der Waals surface area contributed by atoms with Crippen molar-refractivity contribution in [3.8, 4) is 11.5 Å². The predicted molar refractivity (Wildman–Crippen MR) is 81.2 cm³/mol. The molecule has 0 aromatic heterocycles. The maximum Gasteiger partial charge on any atom is 0.211 e. The summed E-state index contributed by atoms with van der Waals surface area (Å²) in [5.74, 6) is 1.45. The molecule has 0 spiro atoms. The van der Waals surface area contributed by atoms with Gasteiger partial charge in [0.25, 0.3) is 0 Å². The number of hydrogen-bond acceptors (Lipinski definition) is 5. The van der Waals surface area contributed by atoms with Crippen molar-refractivity contribution in [2.45, 2.75) is 6.54 Å². The van der Waals surface area contributed by atoms with Crippen LogP contribution in [0.1, 0.15) is 5.56 Å². The van der Waals surface area contributed by atoms with Crippen LogP contribution in [0.4, 0.5) is 0 Å². The quantitative estimate of drug-likeness (QED) is 0.804. The second-order valence-corrected chi connectivity index (χ2v) is 7.07. The summed E-state index contributed by atoms with van der Waals surface area (Å²) in [7, 11) is 0.162. The largest absolute Gasteiger partial charge is 0.493 e. The minimum Gasteiger partial charge on any atom is -0.493 e. The molecule has 6 nitrogen and oxygen atoms in total. The van der Waals surface area contributed by atoms with Gasteiger partial charge < -0.3 is 9.47 Å². The van der Waals surface area contributed by atoms with E-state index in [0.29, 0.717) is 31.9 Å². The summed E-state index contributed by atoms with van der Waals surface area (Å²) in [5, 5.41) is 0. The lowest BCUT2D eigenvalue weighted by Crippen LogP contribution is -2.47. The van der Waals surface area contributed by atoms with Gasteiger partial charge in [-0.2, -0.15) is 4.31 Å². The zero-order valence-electron chi connectivity index (χ0n) is 12.7. The Kier molecular flexibility index (Phi) is 5.08. The maximum atomic E-state index is 11.5. The summed E-state index contributed by atoms with van der Waals surface area (Å²) < 4.78 is 35.3. The van der Waals surface area contributed by atoms with Crippen molar-refractivity contribution in [3.05, 3.63) is 23.8 Å². The van der Waals surface area contributed by atoms with Gasteiger partial charge in [-0.25, -0.2) is 8.42 Å². The van der Waals surface area contributed by atoms with E-state index in [-0.39, 0.29) is 0 Å². The normalized spacial score (nSPS) is 17.7. The van der Waals surface area contributed by atoms with E-state index >= 15 is 0 Å². The number of methoxy groups -OCH3 is 2. The smallest absolute Gasteiger partial charge is 0.211 e. The van der Waals surface area contributed by atoms with Gasteiger partial charge in [-0.1, -0.05) is 12.1 Å². The average Bonchev–Trinajstić information content (AvgIpc) is 2.46. The Balaban J connectivity index is 2.04. The van der Waals surface area contributed by atoms with Crippen molar-refractivity contribution in [1.82, 2.24) is 9.21 Å². The fourth-order valence-electron chi connectivity index (χ4n) is 2.54. The molecular weight excluding hydrogens is 292 g/mol. The molecule has 0 amide bonds. The zero-order valence-corrected chi connectivity index (χ0v) is 13.5. The fraction of sp³-hybridized carbons (Fsp3) is 0.571. The summed E-state index contributed by atoms with van der Waals surface area (Å²) in [6.45, 7) is 3.22. The Morgan fingerprint density at radius 3 is 2.29 bits per heavy atom. The number of piperazine rings is 1. The Morgan fingerprint density at radius 2 is 1.76 bits per heavy atom. The standard InChI is InChI=1S/C14H22N2O4S/c1-19-13-6-4-5-12(14(13)20-2)11-15-7-9-16(10-8-15)21(3,17)18/h4-6H,7-11H2,1-3H3. The number of benzene rings is 1. The molecular formula is C14H22N2O4S. The van der Waals surface area contributed by atoms with Crippen LogP contribution in [0.2, 0.25) is 0 Å². The van der Waals surface area contributed by atoms with E-state index in [1.54, 1.807) is 14.2 Å². The lowest BCUT2D eigenvalue weighted by atomic mass is 10.1. The molecule has 2 rings (SSSR count). The Morgan fingerprint density at radius 1 is 1.10 bits per heavy atom. The minimum absolute atomic E-state index is 0.533. The van der Waals surface area contributed by atoms with E-state index < -0.39 is 10.0 Å². The van der Waals surface area contributed by atoms with Gasteiger partial charge in [-0.05, 0) is 6.07 Å². The van der Waals surface area contributed by atoms with Gasteiger partial charge in [0.05, 0.1) is 20.5 Å². The third-order valence-electron chi connectivity index (χ3n) is 3.68. The molecule has 0 atom stereocenters. The van der Waals surface area contributed by atoms with E-state index in [0.717, 1.165) is 17.9 Å². The third kappa shape index (κ3) is 3.87. The van der Waals surface area contributed by atoms with E-state index in [9.17, 15) is 8.42 Å². The molecule has 1 fully saturated rings. The summed E-state index contributed by atoms with van der Waals surface area (Å²) in [6, 6.07) is 5.80. The lowest BCUT2D eigenvalue weighted by Gasteiger charge is -2.33. The molecule has 21 heavy (non-hydrogen) atoms. The molecule has 1 aromatic carbocycles. The molecule has 0 bridgehead atoms. The third-order valence-corrected chi connectivity index (χ3v) is 4.98. The molecule has 1 aromatic rings. The predicted octanol–water partition coefficient (Wildman–Crippen LogP) is 0.781. The van der Waals surface area contributed by atoms with Crippen LogP contribution in [0.25, 0.3) is 0 Å². The van der Waals surface area contributed by atoms with Crippen molar-refractivity contribution in [3.63, 3.8) is 0 Å². The number of para-hydroxylation sites is 1. The van der Waals surface area contributed by atoms with E-state index in [1.165, 1.54) is 10.6 Å². The van der Waals surface area contributed by atoms with Gasteiger partial charge in [0.2, 0.25) is 10.0 Å². The van der Waals surface area contributed by atoms with Crippen LogP contribution in [-0.4, -0.2) is 64.3 Å². The van der Waals surface area contributed by atoms with Gasteiger partial charge in [0.15, 0.2) is 11.5 Å². The maximum absolute atomic E-state index is 11.5. The van der Waals surface area contributed by atoms with Crippen LogP contribution < -0.4 is 9.47 Å². The molecule has 1 saturated heterocycles. The first-order valence-corrected chi connectivity index (χ1v) is 8.68. The van der Waals surface area contributed by atoms with Gasteiger partial charge in [-0.15, -0.1) is 0 Å². The molecule has 1 heterocycles. The second-order valence-electron chi connectivity index (χ2n) is 5.09. The van der Waals surface area contributed by atoms with Gasteiger partial charge >= 0.3 is 0 Å². The fourth-order valence-corrected chi connectivity index (χ4v) is 3.36. The lowest BCUT2D eigenvalue weighted by molar-refractivity contribution is 0.180. The van der Waals surface area contributed by atoms with Gasteiger partial charge in [0, 0.05) is 38.3 Å². The van der Waals surface area contributed by atoms with Crippen molar-refractivity contribution in [1.29, 1.82) is 0 Å². The van der Waals surface area contributed by atoms with E-state index in [1.807, 2.05) is 18.2 Å². The molecule has 0 saturated carbocycles. The summed E-state index contributed by atoms with van der Waals surface area (Å²) in [6.07, 6.45) is 1.26. The van der Waals surface area contributed by atoms with Crippen LogP contribution in [-0.2, 0) is 16.6 Å². The molecule has 0 radical (unpaired) electrons. The Labute approximate surface area is 126 Å². The van der Waals surface area contributed by atoms with Crippen LogP contribution in [0.3, 0.4) is 0 Å². The first kappa shape index (κ1) is 16.1. The van der Waals surface area contributed by atoms with Crippen LogP contribution in [0.5, 0.6) is 11.5 Å². The molecule has 0 N–H and O–H groups in total. The molecule has 7 heteroatoms. The van der Waals surface area contributed by atoms with Crippen LogP contribution in [0, 0.1) is 0 Å². The van der Waals surface area contributed by atoms with Gasteiger partial charge in [0.1, 0.15) is 0 Å². The summed E-state index contributed by atoms with van der Waals surface area (Å²) in [5.41, 5.74) is 1.05. The molecule has 118 valence electrons. The highest BCUT2D eigenvalue weighted by Crippen LogP contribution is 2.31. The average molecular weight is 314 g/mol. The van der Waals surface area contributed by atoms with Gasteiger partial charge in [-0.3, -0.25) is 4.90 Å². The van der Waals surface area contributed by atoms with Crippen molar-refractivity contribution >= 4 is 10.0 Å². The second kappa shape index (κ2) is 6.64. The summed E-state index contributed by atoms with van der Waals surface area (Å²) in [4.78, 5) is 2.22. The zero-order chi connectivity index (χ0) is 15.5. The van der Waals surface area contributed by atoms with Crippen LogP contribution in [0.15, 0.2) is 18.2 Å². The van der Waals surface area contributed by atoms with E-state index in [2.05, 4.69) is 4.90 Å². The highest BCUT2D eigenvalue weighted by atomic mass is 32.2. The number of sulfonamides is 1. The number of rotatable bonds is 5. The Hall–Kier alpha value is -1.31. The monoisotopic (exact) mass is 314 g/mol. The molecule has 1 aliphatic rings. The number of ether oxygens (including phenoxy) is 2. The van der Waals surface area contributed by atoms with Crippen molar-refractivity contribution in [2.24, 2.45) is 0 Å². The van der Waals surface area contributed by atoms with Crippen molar-refractivity contribution < 1.29 is 17.9 Å². The first-order chi connectivity index (χ1) is 9.95. The van der Waals surface area contributed by atoms with E-state index in [4.69, 9.17) is 9.47 Å². The molecule has 0 unspecified atom stereocenters. The number of hydrogen-bond donors (Lipinski definition) is 0. The van der Waals surface area contributed by atoms with Crippen molar-refractivity contribution in [2.75, 3.05) is 46.7 Å². The topological polar surface area (TPSA) is 59.1 Å². The minimum atomic E-state index is -3.08. The summed E-state index contributed by atoms with van der Waals surface area (Å²) >= 11 is 0. The first-order valence-electron chi connectivity index (χ1n) is 6.83. The highest BCUT2D eigenvalue weighted by Gasteiger charge is 2.24. The van der Waals surface area contributed by atoms with Crippen LogP contribution >= 0.6 is 0 Å². The molecule has 0 aliphatic carbocycles. The molecule has 1 aliphatic heterocycles. The number of nitrogens with zero attached hydrogens (tertiary/aromatic N) is 2. The SMILES string of the molecule is COc1cccc(CN2CCN(S(C)(=O)=O)CC2)c1OC. The highest BCUT2D eigenvalue weighted by molar-refractivity contribution is 7.88.